The van der Waals surface area contributed by atoms with Gasteiger partial charge in [-0.2, -0.15) is 0 Å². The largest absolute Gasteiger partial charge is 0.365 e. The van der Waals surface area contributed by atoms with Gasteiger partial charge in [-0.3, -0.25) is 9.59 Å². The second kappa shape index (κ2) is 6.41. The van der Waals surface area contributed by atoms with E-state index in [0.717, 1.165) is 31.2 Å². The number of carbonyl (C=O) groups is 2. The Morgan fingerprint density at radius 2 is 2.05 bits per heavy atom. The Balaban J connectivity index is 2.32. The van der Waals surface area contributed by atoms with Crippen molar-refractivity contribution in [3.8, 4) is 0 Å². The number of nitrogens with two attached hydrogens (primary N) is 1. The van der Waals surface area contributed by atoms with Crippen molar-refractivity contribution in [3.05, 3.63) is 16.0 Å². The summed E-state index contributed by atoms with van der Waals surface area (Å²) in [6, 6.07) is 0. The van der Waals surface area contributed by atoms with Crippen molar-refractivity contribution in [3.63, 3.8) is 0 Å². The molecule has 1 aliphatic rings. The standard InChI is InChI=1S/C17H26N2O2S/c1-5-6-13(20)19-16-14(15(18)21)11-8-7-10(17(2,3)4)9-12(11)22-16/h10H,5-9H2,1-4H3,(H2,18,21)(H,19,20). The van der Waals surface area contributed by atoms with Gasteiger partial charge in [0.1, 0.15) is 5.00 Å². The fourth-order valence-electron chi connectivity index (χ4n) is 3.09. The smallest absolute Gasteiger partial charge is 0.251 e. The molecule has 1 unspecified atom stereocenters. The van der Waals surface area contributed by atoms with E-state index in [4.69, 9.17) is 5.73 Å². The van der Waals surface area contributed by atoms with E-state index in [1.165, 1.54) is 16.2 Å². The highest BCUT2D eigenvalue weighted by Crippen LogP contribution is 2.44. The summed E-state index contributed by atoms with van der Waals surface area (Å²) in [5, 5.41) is 3.53. The lowest BCUT2D eigenvalue weighted by molar-refractivity contribution is -0.116. The molecule has 22 heavy (non-hydrogen) atoms. The number of carbonyl (C=O) groups excluding carboxylic acids is 2. The van der Waals surface area contributed by atoms with E-state index in [-0.39, 0.29) is 11.3 Å². The molecule has 4 nitrogen and oxygen atoms in total. The van der Waals surface area contributed by atoms with E-state index < -0.39 is 5.91 Å². The summed E-state index contributed by atoms with van der Waals surface area (Å²) in [6.45, 7) is 8.74. The Kier molecular flexibility index (Phi) is 4.95. The molecular formula is C17H26N2O2S. The van der Waals surface area contributed by atoms with Crippen LogP contribution in [0.3, 0.4) is 0 Å². The lowest BCUT2D eigenvalue weighted by atomic mass is 9.72. The summed E-state index contributed by atoms with van der Waals surface area (Å²) in [4.78, 5) is 24.9. The lowest BCUT2D eigenvalue weighted by Gasteiger charge is -2.33. The van der Waals surface area contributed by atoms with Gasteiger partial charge < -0.3 is 11.1 Å². The number of amides is 2. The highest BCUT2D eigenvalue weighted by atomic mass is 32.1. The van der Waals surface area contributed by atoms with Crippen molar-refractivity contribution in [1.29, 1.82) is 0 Å². The monoisotopic (exact) mass is 322 g/mol. The van der Waals surface area contributed by atoms with E-state index in [1.807, 2.05) is 6.92 Å². The fourth-order valence-corrected chi connectivity index (χ4v) is 4.44. The van der Waals surface area contributed by atoms with Gasteiger partial charge in [0, 0.05) is 11.3 Å². The normalized spacial score (nSPS) is 17.9. The first-order chi connectivity index (χ1) is 10.2. The summed E-state index contributed by atoms with van der Waals surface area (Å²) < 4.78 is 0. The average molecular weight is 322 g/mol. The first-order valence-corrected chi connectivity index (χ1v) is 8.79. The van der Waals surface area contributed by atoms with E-state index in [1.54, 1.807) is 0 Å². The molecule has 2 amide bonds. The third-order valence-electron chi connectivity index (χ3n) is 4.47. The Hall–Kier alpha value is -1.36. The van der Waals surface area contributed by atoms with E-state index in [0.29, 0.717) is 22.9 Å². The predicted octanol–water partition coefficient (Wildman–Crippen LogP) is 3.74. The molecule has 0 saturated heterocycles. The summed E-state index contributed by atoms with van der Waals surface area (Å²) in [5.41, 5.74) is 7.42. The van der Waals surface area contributed by atoms with Crippen LogP contribution in [0.4, 0.5) is 5.00 Å². The number of rotatable bonds is 4. The molecule has 1 aromatic rings. The third kappa shape index (κ3) is 3.51. The van der Waals surface area contributed by atoms with Crippen molar-refractivity contribution < 1.29 is 9.59 Å². The van der Waals surface area contributed by atoms with E-state index in [9.17, 15) is 9.59 Å². The van der Waals surface area contributed by atoms with E-state index in [2.05, 4.69) is 26.1 Å². The molecule has 122 valence electrons. The number of hydrogen-bond donors (Lipinski definition) is 2. The minimum Gasteiger partial charge on any atom is -0.365 e. The first-order valence-electron chi connectivity index (χ1n) is 7.98. The molecule has 0 bridgehead atoms. The predicted molar refractivity (Wildman–Crippen MR) is 91.3 cm³/mol. The summed E-state index contributed by atoms with van der Waals surface area (Å²) >= 11 is 1.53. The summed E-state index contributed by atoms with van der Waals surface area (Å²) in [6.07, 6.45) is 4.15. The Labute approximate surface area is 136 Å². The molecule has 2 rings (SSSR count). The van der Waals surface area contributed by atoms with Crippen LogP contribution in [0.2, 0.25) is 0 Å². The molecule has 1 aliphatic carbocycles. The number of primary amides is 1. The zero-order valence-corrected chi connectivity index (χ0v) is 14.7. The van der Waals surface area contributed by atoms with Gasteiger partial charge in [-0.25, -0.2) is 0 Å². The van der Waals surface area contributed by atoms with Gasteiger partial charge in [0.15, 0.2) is 0 Å². The number of fused-ring (bicyclic) bond motifs is 1. The van der Waals surface area contributed by atoms with Crippen LogP contribution in [0.15, 0.2) is 0 Å². The van der Waals surface area contributed by atoms with Gasteiger partial charge in [-0.05, 0) is 42.6 Å². The molecule has 0 aliphatic heterocycles. The van der Waals surface area contributed by atoms with Crippen molar-refractivity contribution >= 4 is 28.2 Å². The maximum absolute atomic E-state index is 11.9. The summed E-state index contributed by atoms with van der Waals surface area (Å²) in [7, 11) is 0. The van der Waals surface area contributed by atoms with Gasteiger partial charge in [-0.15, -0.1) is 11.3 Å². The lowest BCUT2D eigenvalue weighted by Crippen LogP contribution is -2.27. The van der Waals surface area contributed by atoms with Gasteiger partial charge >= 0.3 is 0 Å². The number of nitrogens with one attached hydrogen (secondary N) is 1. The van der Waals surface area contributed by atoms with Crippen molar-refractivity contribution in [2.45, 2.75) is 59.8 Å². The van der Waals surface area contributed by atoms with Crippen LogP contribution in [0.1, 0.15) is 67.8 Å². The van der Waals surface area contributed by atoms with Crippen molar-refractivity contribution in [1.82, 2.24) is 0 Å². The number of hydrogen-bond acceptors (Lipinski definition) is 3. The van der Waals surface area contributed by atoms with Crippen molar-refractivity contribution in [2.24, 2.45) is 17.1 Å². The number of anilines is 1. The second-order valence-corrected chi connectivity index (χ2v) is 8.28. The second-order valence-electron chi connectivity index (χ2n) is 7.18. The number of thiophene rings is 1. The molecule has 1 heterocycles. The maximum Gasteiger partial charge on any atom is 0.251 e. The molecule has 0 aromatic carbocycles. The van der Waals surface area contributed by atoms with Gasteiger partial charge in [0.25, 0.3) is 5.91 Å². The quantitative estimate of drug-likeness (QED) is 0.886. The Morgan fingerprint density at radius 1 is 1.36 bits per heavy atom. The van der Waals surface area contributed by atoms with Gasteiger partial charge in [0.05, 0.1) is 5.56 Å². The van der Waals surface area contributed by atoms with Crippen LogP contribution in [0.25, 0.3) is 0 Å². The molecule has 1 atom stereocenters. The van der Waals surface area contributed by atoms with Crippen LogP contribution in [-0.4, -0.2) is 11.8 Å². The first kappa shape index (κ1) is 17.0. The van der Waals surface area contributed by atoms with Gasteiger partial charge in [0.2, 0.25) is 5.91 Å². The highest BCUT2D eigenvalue weighted by molar-refractivity contribution is 7.17. The maximum atomic E-state index is 11.9. The Bertz CT molecular complexity index is 584. The molecule has 0 radical (unpaired) electrons. The molecule has 0 spiro atoms. The molecule has 0 fully saturated rings. The SMILES string of the molecule is CCCC(=O)Nc1sc2c(c1C(N)=O)CCC(C(C)(C)C)C2. The zero-order chi connectivity index (χ0) is 16.5. The van der Waals surface area contributed by atoms with Crippen LogP contribution in [-0.2, 0) is 17.6 Å². The van der Waals surface area contributed by atoms with Gasteiger partial charge in [-0.1, -0.05) is 27.7 Å². The van der Waals surface area contributed by atoms with E-state index >= 15 is 0 Å². The minimum absolute atomic E-state index is 0.0454. The highest BCUT2D eigenvalue weighted by Gasteiger charge is 2.33. The van der Waals surface area contributed by atoms with Crippen LogP contribution >= 0.6 is 11.3 Å². The minimum atomic E-state index is -0.432. The zero-order valence-electron chi connectivity index (χ0n) is 13.9. The molecule has 1 aromatic heterocycles. The topological polar surface area (TPSA) is 72.2 Å². The third-order valence-corrected chi connectivity index (χ3v) is 5.64. The van der Waals surface area contributed by atoms with Crippen LogP contribution in [0.5, 0.6) is 0 Å². The molecule has 5 heteroatoms. The summed E-state index contributed by atoms with van der Waals surface area (Å²) in [5.74, 6) is 0.119. The Morgan fingerprint density at radius 3 is 2.59 bits per heavy atom. The molecule has 0 saturated carbocycles. The van der Waals surface area contributed by atoms with Crippen LogP contribution in [0, 0.1) is 11.3 Å². The fraction of sp³-hybridized carbons (Fsp3) is 0.647. The van der Waals surface area contributed by atoms with Crippen LogP contribution < -0.4 is 11.1 Å². The van der Waals surface area contributed by atoms with Crippen molar-refractivity contribution in [2.75, 3.05) is 5.32 Å². The molecular weight excluding hydrogens is 296 g/mol. The molecule has 3 N–H and O–H groups in total. The average Bonchev–Trinajstić information content (AvgIpc) is 2.74.